The fourth-order valence-corrected chi connectivity index (χ4v) is 2.80. The van der Waals surface area contributed by atoms with Gasteiger partial charge in [-0.1, -0.05) is 11.6 Å². The number of hydrogen-bond donors (Lipinski definition) is 0. The van der Waals surface area contributed by atoms with E-state index in [-0.39, 0.29) is 11.7 Å². The van der Waals surface area contributed by atoms with E-state index in [1.54, 1.807) is 11.6 Å². The monoisotopic (exact) mass is 266 g/mol. The number of aromatic nitrogens is 2. The van der Waals surface area contributed by atoms with Crippen LogP contribution in [0, 0.1) is 0 Å². The molecule has 0 saturated carbocycles. The molecule has 0 aliphatic carbocycles. The lowest BCUT2D eigenvalue weighted by Crippen LogP contribution is -2.29. The van der Waals surface area contributed by atoms with Crippen LogP contribution in [0.3, 0.4) is 0 Å². The quantitative estimate of drug-likeness (QED) is 0.794. The molecule has 0 amide bonds. The summed E-state index contributed by atoms with van der Waals surface area (Å²) in [6.07, 6.45) is 1.76. The normalized spacial score (nSPS) is 17.4. The third kappa shape index (κ3) is 1.76. The Morgan fingerprint density at radius 3 is 2.72 bits per heavy atom. The van der Waals surface area contributed by atoms with Crippen molar-refractivity contribution in [1.29, 1.82) is 0 Å². The first-order chi connectivity index (χ1) is 8.68. The molecule has 18 heavy (non-hydrogen) atoms. The number of nitrogens with zero attached hydrogens (tertiary/aromatic N) is 2. The van der Waals surface area contributed by atoms with Crippen molar-refractivity contribution in [2.24, 2.45) is 7.05 Å². The van der Waals surface area contributed by atoms with Crippen molar-refractivity contribution in [2.45, 2.75) is 18.9 Å². The Kier molecular flexibility index (Phi) is 2.92. The third-order valence-corrected chi connectivity index (χ3v) is 3.84. The molecule has 0 atom stereocenters. The second-order valence-electron chi connectivity index (χ2n) is 4.69. The summed E-state index contributed by atoms with van der Waals surface area (Å²) in [5.74, 6) is 0. The van der Waals surface area contributed by atoms with Crippen molar-refractivity contribution in [3.8, 4) is 0 Å². The average molecular weight is 267 g/mol. The number of imidazole rings is 1. The van der Waals surface area contributed by atoms with Gasteiger partial charge in [0.1, 0.15) is 0 Å². The molecule has 3 rings (SSSR count). The van der Waals surface area contributed by atoms with Crippen LogP contribution in [0.1, 0.15) is 18.9 Å². The topological polar surface area (TPSA) is 36.2 Å². The van der Waals surface area contributed by atoms with Gasteiger partial charge in [0, 0.05) is 31.3 Å². The third-order valence-electron chi connectivity index (χ3n) is 3.61. The van der Waals surface area contributed by atoms with E-state index >= 15 is 0 Å². The number of benzene rings is 1. The highest BCUT2D eigenvalue weighted by Crippen LogP contribution is 2.26. The second-order valence-corrected chi connectivity index (χ2v) is 5.12. The molecule has 1 aromatic carbocycles. The fourth-order valence-electron chi connectivity index (χ4n) is 2.64. The Morgan fingerprint density at radius 2 is 2.00 bits per heavy atom. The van der Waals surface area contributed by atoms with Gasteiger partial charge < -0.3 is 4.74 Å². The summed E-state index contributed by atoms with van der Waals surface area (Å²) in [6, 6.07) is 5.80. The number of ether oxygens (including phenoxy) is 1. The van der Waals surface area contributed by atoms with Crippen LogP contribution in [0.2, 0.25) is 5.02 Å². The Balaban J connectivity index is 2.23. The lowest BCUT2D eigenvalue weighted by atomic mass is 10.1. The summed E-state index contributed by atoms with van der Waals surface area (Å²) in [5, 5.41) is 0.661. The fraction of sp³-hybridized carbons (Fsp3) is 0.462. The van der Waals surface area contributed by atoms with Gasteiger partial charge in [0.25, 0.3) is 0 Å². The summed E-state index contributed by atoms with van der Waals surface area (Å²) in [5.41, 5.74) is 1.87. The summed E-state index contributed by atoms with van der Waals surface area (Å²) < 4.78 is 8.90. The first-order valence-electron chi connectivity index (χ1n) is 6.12. The van der Waals surface area contributed by atoms with E-state index in [0.717, 1.165) is 23.9 Å². The van der Waals surface area contributed by atoms with Crippen LogP contribution in [-0.2, 0) is 11.8 Å². The molecule has 1 aromatic heterocycles. The molecule has 2 heterocycles. The number of hydrogen-bond acceptors (Lipinski definition) is 2. The van der Waals surface area contributed by atoms with E-state index in [0.29, 0.717) is 18.2 Å². The standard InChI is InChI=1S/C13H15ClN2O2/c1-15-11-3-2-9(14)8-12(11)16(13(15)17)10-4-6-18-7-5-10/h2-3,8,10H,4-7H2,1H3. The zero-order chi connectivity index (χ0) is 12.7. The molecule has 0 spiro atoms. The average Bonchev–Trinajstić information content (AvgIpc) is 2.63. The molecular weight excluding hydrogens is 252 g/mol. The summed E-state index contributed by atoms with van der Waals surface area (Å²) in [6.45, 7) is 1.43. The van der Waals surface area contributed by atoms with E-state index in [1.807, 2.05) is 22.8 Å². The van der Waals surface area contributed by atoms with E-state index in [2.05, 4.69) is 0 Å². The van der Waals surface area contributed by atoms with E-state index in [9.17, 15) is 4.79 Å². The van der Waals surface area contributed by atoms with Crippen LogP contribution in [0.5, 0.6) is 0 Å². The van der Waals surface area contributed by atoms with Crippen LogP contribution in [-0.4, -0.2) is 22.3 Å². The van der Waals surface area contributed by atoms with Gasteiger partial charge in [0.2, 0.25) is 0 Å². The minimum atomic E-state index is 0.0270. The Bertz CT molecular complexity index is 638. The van der Waals surface area contributed by atoms with Gasteiger partial charge in [0.15, 0.2) is 0 Å². The maximum absolute atomic E-state index is 12.3. The smallest absolute Gasteiger partial charge is 0.329 e. The van der Waals surface area contributed by atoms with Gasteiger partial charge in [0.05, 0.1) is 11.0 Å². The van der Waals surface area contributed by atoms with Gasteiger partial charge in [-0.2, -0.15) is 0 Å². The first kappa shape index (κ1) is 11.8. The van der Waals surface area contributed by atoms with Gasteiger partial charge in [-0.3, -0.25) is 9.13 Å². The zero-order valence-corrected chi connectivity index (χ0v) is 11.0. The largest absolute Gasteiger partial charge is 0.381 e. The van der Waals surface area contributed by atoms with Crippen LogP contribution in [0.4, 0.5) is 0 Å². The Labute approximate surface area is 110 Å². The van der Waals surface area contributed by atoms with E-state index < -0.39 is 0 Å². The number of halogens is 1. The lowest BCUT2D eigenvalue weighted by Gasteiger charge is -2.23. The van der Waals surface area contributed by atoms with E-state index in [4.69, 9.17) is 16.3 Å². The van der Waals surface area contributed by atoms with E-state index in [1.165, 1.54) is 0 Å². The van der Waals surface area contributed by atoms with Crippen molar-refractivity contribution < 1.29 is 4.74 Å². The van der Waals surface area contributed by atoms with Gasteiger partial charge in [-0.05, 0) is 31.0 Å². The van der Waals surface area contributed by atoms with Crippen molar-refractivity contribution in [3.05, 3.63) is 33.7 Å². The van der Waals surface area contributed by atoms with Crippen LogP contribution >= 0.6 is 11.6 Å². The molecule has 4 nitrogen and oxygen atoms in total. The lowest BCUT2D eigenvalue weighted by molar-refractivity contribution is 0.0696. The van der Waals surface area contributed by atoms with Crippen LogP contribution in [0.15, 0.2) is 23.0 Å². The maximum atomic E-state index is 12.3. The molecule has 0 N–H and O–H groups in total. The van der Waals surface area contributed by atoms with Crippen LogP contribution < -0.4 is 5.69 Å². The number of fused-ring (bicyclic) bond motifs is 1. The van der Waals surface area contributed by atoms with Gasteiger partial charge >= 0.3 is 5.69 Å². The number of aryl methyl sites for hydroxylation is 1. The minimum Gasteiger partial charge on any atom is -0.381 e. The van der Waals surface area contributed by atoms with Gasteiger partial charge in [-0.15, -0.1) is 0 Å². The second kappa shape index (κ2) is 4.44. The summed E-state index contributed by atoms with van der Waals surface area (Å²) in [4.78, 5) is 12.3. The predicted molar refractivity (Wildman–Crippen MR) is 71.3 cm³/mol. The number of rotatable bonds is 1. The Morgan fingerprint density at radius 1 is 1.28 bits per heavy atom. The molecule has 2 aromatic rings. The van der Waals surface area contributed by atoms with Crippen molar-refractivity contribution >= 4 is 22.6 Å². The molecule has 0 bridgehead atoms. The minimum absolute atomic E-state index is 0.0270. The Hall–Kier alpha value is -1.26. The van der Waals surface area contributed by atoms with Crippen molar-refractivity contribution in [3.63, 3.8) is 0 Å². The highest BCUT2D eigenvalue weighted by atomic mass is 35.5. The highest BCUT2D eigenvalue weighted by Gasteiger charge is 2.21. The molecule has 0 unspecified atom stereocenters. The first-order valence-corrected chi connectivity index (χ1v) is 6.50. The molecule has 1 aliphatic heterocycles. The van der Waals surface area contributed by atoms with Crippen LogP contribution in [0.25, 0.3) is 11.0 Å². The molecule has 96 valence electrons. The SMILES string of the molecule is Cn1c(=O)n(C2CCOCC2)c2cc(Cl)ccc21. The van der Waals surface area contributed by atoms with Crippen molar-refractivity contribution in [1.82, 2.24) is 9.13 Å². The molecule has 1 saturated heterocycles. The predicted octanol–water partition coefficient (Wildman–Crippen LogP) is 2.34. The molecular formula is C13H15ClN2O2. The molecule has 0 radical (unpaired) electrons. The maximum Gasteiger partial charge on any atom is 0.329 e. The summed E-state index contributed by atoms with van der Waals surface area (Å²) >= 11 is 6.04. The zero-order valence-electron chi connectivity index (χ0n) is 10.2. The molecule has 1 aliphatic rings. The van der Waals surface area contributed by atoms with Crippen molar-refractivity contribution in [2.75, 3.05) is 13.2 Å². The summed E-state index contributed by atoms with van der Waals surface area (Å²) in [7, 11) is 1.80. The highest BCUT2D eigenvalue weighted by molar-refractivity contribution is 6.31. The van der Waals surface area contributed by atoms with Gasteiger partial charge in [-0.25, -0.2) is 4.79 Å². The molecule has 1 fully saturated rings. The molecule has 5 heteroatoms.